The van der Waals surface area contributed by atoms with E-state index in [-0.39, 0.29) is 25.3 Å². The van der Waals surface area contributed by atoms with Crippen molar-refractivity contribution in [3.05, 3.63) is 16.1 Å². The van der Waals surface area contributed by atoms with Crippen molar-refractivity contribution < 1.29 is 24.3 Å². The minimum absolute atomic E-state index is 0.0421. The van der Waals surface area contributed by atoms with Crippen LogP contribution >= 0.6 is 11.3 Å². The molecule has 0 radical (unpaired) electrons. The fraction of sp³-hybridized carbons (Fsp3) is 0.300. The lowest BCUT2D eigenvalue weighted by molar-refractivity contribution is -0.130. The van der Waals surface area contributed by atoms with Crippen molar-refractivity contribution >= 4 is 35.2 Å². The van der Waals surface area contributed by atoms with Crippen molar-refractivity contribution in [3.8, 4) is 0 Å². The number of aromatic carboxylic acids is 1. The number of thiazole rings is 1. The second-order valence-electron chi connectivity index (χ2n) is 3.85. The van der Waals surface area contributed by atoms with Gasteiger partial charge in [-0.15, -0.1) is 11.3 Å². The number of hydrogen-bond acceptors (Lipinski definition) is 6. The smallest absolute Gasteiger partial charge is 0.355 e. The van der Waals surface area contributed by atoms with Crippen LogP contribution in [-0.4, -0.2) is 51.9 Å². The number of imide groups is 1. The molecule has 0 unspecified atom stereocenters. The number of hydrogen-bond donors (Lipinski definition) is 3. The predicted molar refractivity (Wildman–Crippen MR) is 66.0 cm³/mol. The third-order valence-electron chi connectivity index (χ3n) is 2.45. The Kier molecular flexibility index (Phi) is 3.94. The minimum Gasteiger partial charge on any atom is -0.476 e. The third kappa shape index (κ3) is 3.09. The molecular formula is C10H10N4O5S. The molecule has 1 saturated heterocycles. The number of aromatic nitrogens is 1. The molecule has 2 heterocycles. The highest BCUT2D eigenvalue weighted by molar-refractivity contribution is 7.09. The summed E-state index contributed by atoms with van der Waals surface area (Å²) >= 11 is 1.10. The van der Waals surface area contributed by atoms with E-state index in [1.165, 1.54) is 5.38 Å². The van der Waals surface area contributed by atoms with Crippen LogP contribution in [0.15, 0.2) is 5.38 Å². The van der Waals surface area contributed by atoms with Gasteiger partial charge in [-0.3, -0.25) is 14.5 Å². The molecule has 0 atom stereocenters. The van der Waals surface area contributed by atoms with Crippen LogP contribution in [0.4, 0.5) is 4.79 Å². The van der Waals surface area contributed by atoms with Crippen LogP contribution < -0.4 is 10.6 Å². The Morgan fingerprint density at radius 3 is 2.80 bits per heavy atom. The molecule has 1 fully saturated rings. The summed E-state index contributed by atoms with van der Waals surface area (Å²) in [5.41, 5.74) is -0.0895. The lowest BCUT2D eigenvalue weighted by Crippen LogP contribution is -2.40. The van der Waals surface area contributed by atoms with Crippen LogP contribution in [-0.2, 0) is 16.1 Å². The van der Waals surface area contributed by atoms with E-state index in [1.807, 2.05) is 0 Å². The maximum absolute atomic E-state index is 11.6. The van der Waals surface area contributed by atoms with Crippen LogP contribution in [0, 0.1) is 0 Å². The van der Waals surface area contributed by atoms with E-state index >= 15 is 0 Å². The second-order valence-corrected chi connectivity index (χ2v) is 4.79. The molecule has 1 aliphatic rings. The van der Waals surface area contributed by atoms with E-state index in [4.69, 9.17) is 5.11 Å². The van der Waals surface area contributed by atoms with Gasteiger partial charge in [-0.1, -0.05) is 0 Å². The van der Waals surface area contributed by atoms with E-state index in [2.05, 4.69) is 15.6 Å². The first-order valence-corrected chi connectivity index (χ1v) is 6.38. The fourth-order valence-corrected chi connectivity index (χ4v) is 2.19. The molecule has 106 valence electrons. The van der Waals surface area contributed by atoms with Gasteiger partial charge in [0.1, 0.15) is 11.6 Å². The molecule has 0 aliphatic carbocycles. The monoisotopic (exact) mass is 298 g/mol. The first-order chi connectivity index (χ1) is 9.47. The standard InChI is InChI=1S/C10H10N4O5S/c15-6(3-14-8(16)2-12-10(14)19)11-1-7-13-5(4-20-7)9(17)18/h4H,1-3H2,(H,11,15)(H,12,19)(H,17,18). The van der Waals surface area contributed by atoms with Gasteiger partial charge in [0.15, 0.2) is 5.69 Å². The summed E-state index contributed by atoms with van der Waals surface area (Å²) in [6.45, 7) is -0.442. The Hall–Kier alpha value is -2.49. The van der Waals surface area contributed by atoms with E-state index < -0.39 is 23.8 Å². The number of carboxylic acid groups (broad SMARTS) is 1. The summed E-state index contributed by atoms with van der Waals surface area (Å²) in [7, 11) is 0. The van der Waals surface area contributed by atoms with Gasteiger partial charge in [-0.25, -0.2) is 14.6 Å². The zero-order valence-corrected chi connectivity index (χ0v) is 10.9. The Labute approximate surface area is 116 Å². The maximum atomic E-state index is 11.6. The van der Waals surface area contributed by atoms with Gasteiger partial charge in [0.2, 0.25) is 5.91 Å². The average molecular weight is 298 g/mol. The van der Waals surface area contributed by atoms with Crippen LogP contribution in [0.2, 0.25) is 0 Å². The normalized spacial score (nSPS) is 14.3. The van der Waals surface area contributed by atoms with Crippen molar-refractivity contribution in [2.24, 2.45) is 0 Å². The van der Waals surface area contributed by atoms with Crippen molar-refractivity contribution in [1.29, 1.82) is 0 Å². The molecule has 20 heavy (non-hydrogen) atoms. The van der Waals surface area contributed by atoms with Crippen molar-refractivity contribution in [1.82, 2.24) is 20.5 Å². The van der Waals surface area contributed by atoms with Crippen LogP contribution in [0.5, 0.6) is 0 Å². The number of amides is 4. The zero-order chi connectivity index (χ0) is 14.7. The number of urea groups is 1. The summed E-state index contributed by atoms with van der Waals surface area (Å²) in [6, 6.07) is -0.604. The number of nitrogens with zero attached hydrogens (tertiary/aromatic N) is 2. The van der Waals surface area contributed by atoms with Crippen LogP contribution in [0.3, 0.4) is 0 Å². The largest absolute Gasteiger partial charge is 0.476 e. The molecule has 1 aromatic heterocycles. The van der Waals surface area contributed by atoms with E-state index in [0.717, 1.165) is 16.2 Å². The fourth-order valence-electron chi connectivity index (χ4n) is 1.48. The highest BCUT2D eigenvalue weighted by atomic mass is 32.1. The van der Waals surface area contributed by atoms with Crippen LogP contribution in [0.1, 0.15) is 15.5 Å². The molecule has 1 aliphatic heterocycles. The van der Waals surface area contributed by atoms with Gasteiger partial charge in [0, 0.05) is 5.38 Å². The molecule has 0 spiro atoms. The summed E-state index contributed by atoms with van der Waals surface area (Å²) in [4.78, 5) is 49.3. The van der Waals surface area contributed by atoms with Crippen molar-refractivity contribution in [3.63, 3.8) is 0 Å². The molecule has 4 amide bonds. The lowest BCUT2D eigenvalue weighted by atomic mass is 10.4. The Bertz CT molecular complexity index is 568. The maximum Gasteiger partial charge on any atom is 0.355 e. The summed E-state index contributed by atoms with van der Waals surface area (Å²) in [6.07, 6.45) is 0. The molecule has 1 aromatic rings. The molecule has 0 bridgehead atoms. The predicted octanol–water partition coefficient (Wildman–Crippen LogP) is -0.991. The Balaban J connectivity index is 1.84. The highest BCUT2D eigenvalue weighted by Gasteiger charge is 2.30. The zero-order valence-electron chi connectivity index (χ0n) is 10.1. The Morgan fingerprint density at radius 1 is 1.50 bits per heavy atom. The van der Waals surface area contributed by atoms with Gasteiger partial charge in [-0.05, 0) is 0 Å². The van der Waals surface area contributed by atoms with E-state index in [9.17, 15) is 19.2 Å². The first kappa shape index (κ1) is 13.9. The third-order valence-corrected chi connectivity index (χ3v) is 3.30. The summed E-state index contributed by atoms with van der Waals surface area (Å²) < 4.78 is 0. The number of rotatable bonds is 5. The van der Waals surface area contributed by atoms with E-state index in [0.29, 0.717) is 5.01 Å². The topological polar surface area (TPSA) is 129 Å². The SMILES string of the molecule is O=C(CN1C(=O)CNC1=O)NCc1nc(C(=O)O)cs1. The molecule has 10 heteroatoms. The molecule has 9 nitrogen and oxygen atoms in total. The number of carbonyl (C=O) groups excluding carboxylic acids is 3. The number of carboxylic acids is 1. The van der Waals surface area contributed by atoms with Crippen molar-refractivity contribution in [2.75, 3.05) is 13.1 Å². The molecule has 3 N–H and O–H groups in total. The van der Waals surface area contributed by atoms with Crippen molar-refractivity contribution in [2.45, 2.75) is 6.54 Å². The lowest BCUT2D eigenvalue weighted by Gasteiger charge is -2.11. The molecular weight excluding hydrogens is 288 g/mol. The first-order valence-electron chi connectivity index (χ1n) is 5.50. The highest BCUT2D eigenvalue weighted by Crippen LogP contribution is 2.09. The summed E-state index contributed by atoms with van der Waals surface area (Å²) in [5.74, 6) is -2.13. The minimum atomic E-state index is -1.14. The van der Waals surface area contributed by atoms with Crippen LogP contribution in [0.25, 0.3) is 0 Å². The summed E-state index contributed by atoms with van der Waals surface area (Å²) in [5, 5.41) is 15.2. The average Bonchev–Trinajstić information content (AvgIpc) is 2.98. The van der Waals surface area contributed by atoms with Gasteiger partial charge >= 0.3 is 12.0 Å². The molecule has 0 aromatic carbocycles. The quantitative estimate of drug-likeness (QED) is 0.599. The molecule has 2 rings (SSSR count). The number of carbonyl (C=O) groups is 4. The van der Waals surface area contributed by atoms with Gasteiger partial charge in [-0.2, -0.15) is 0 Å². The van der Waals surface area contributed by atoms with Gasteiger partial charge in [0.25, 0.3) is 5.91 Å². The Morgan fingerprint density at radius 2 is 2.25 bits per heavy atom. The molecule has 0 saturated carbocycles. The second kappa shape index (κ2) is 5.65. The van der Waals surface area contributed by atoms with E-state index in [1.54, 1.807) is 0 Å². The van der Waals surface area contributed by atoms with Gasteiger partial charge in [0.05, 0.1) is 13.1 Å². The van der Waals surface area contributed by atoms with Gasteiger partial charge < -0.3 is 15.7 Å². The number of nitrogens with one attached hydrogen (secondary N) is 2.